The van der Waals surface area contributed by atoms with Crippen molar-refractivity contribution in [1.29, 1.82) is 0 Å². The SMILES string of the molecule is C#CO/B=N/c1cc(-c2ccncc2[N+](=O)[O-])cc(C)n1. The van der Waals surface area contributed by atoms with E-state index in [1.54, 1.807) is 25.1 Å². The van der Waals surface area contributed by atoms with Crippen molar-refractivity contribution in [3.05, 3.63) is 46.4 Å². The second-order valence-corrected chi connectivity index (χ2v) is 3.98. The van der Waals surface area contributed by atoms with Gasteiger partial charge in [-0.1, -0.05) is 0 Å². The third kappa shape index (κ3) is 3.48. The van der Waals surface area contributed by atoms with E-state index in [4.69, 9.17) is 6.42 Å². The Morgan fingerprint density at radius 2 is 2.33 bits per heavy atom. The van der Waals surface area contributed by atoms with Gasteiger partial charge in [-0.25, -0.2) is 0 Å². The predicted molar refractivity (Wildman–Crippen MR) is 76.6 cm³/mol. The first-order valence-corrected chi connectivity index (χ1v) is 5.83. The van der Waals surface area contributed by atoms with Crippen LogP contribution in [0.1, 0.15) is 5.69 Å². The summed E-state index contributed by atoms with van der Waals surface area (Å²) in [6.45, 7) is 1.76. The molecule has 0 aliphatic carbocycles. The van der Waals surface area contributed by atoms with Gasteiger partial charge in [0.2, 0.25) is 0 Å². The van der Waals surface area contributed by atoms with Gasteiger partial charge in [0.25, 0.3) is 0 Å². The van der Waals surface area contributed by atoms with Crippen LogP contribution in [-0.4, -0.2) is 22.2 Å². The van der Waals surface area contributed by atoms with E-state index < -0.39 is 4.92 Å². The van der Waals surface area contributed by atoms with Crippen LogP contribution in [0.4, 0.5) is 11.5 Å². The van der Waals surface area contributed by atoms with Crippen LogP contribution >= 0.6 is 0 Å². The van der Waals surface area contributed by atoms with Gasteiger partial charge in [0, 0.05) is 0 Å². The van der Waals surface area contributed by atoms with E-state index in [-0.39, 0.29) is 5.69 Å². The van der Waals surface area contributed by atoms with Crippen LogP contribution in [0.3, 0.4) is 0 Å². The van der Waals surface area contributed by atoms with Crippen molar-refractivity contribution in [1.82, 2.24) is 9.97 Å². The average Bonchev–Trinajstić information content (AvgIpc) is 2.47. The second-order valence-electron chi connectivity index (χ2n) is 3.98. The van der Waals surface area contributed by atoms with E-state index in [1.807, 2.05) is 6.11 Å². The number of pyridine rings is 2. The van der Waals surface area contributed by atoms with Crippen LogP contribution in [0.15, 0.2) is 35.5 Å². The Bertz CT molecular complexity index is 755. The molecule has 0 unspecified atom stereocenters. The summed E-state index contributed by atoms with van der Waals surface area (Å²) in [6, 6.07) is 4.90. The minimum atomic E-state index is -0.484. The van der Waals surface area contributed by atoms with Crippen LogP contribution < -0.4 is 0 Å². The predicted octanol–water partition coefficient (Wildman–Crippen LogP) is 2.40. The number of hydrogen-bond acceptors (Lipinski definition) is 6. The fraction of sp³-hybridized carbons (Fsp3) is 0.0769. The van der Waals surface area contributed by atoms with Gasteiger partial charge in [-0.05, 0) is 0 Å². The van der Waals surface area contributed by atoms with Crippen LogP contribution in [0.2, 0.25) is 0 Å². The Labute approximate surface area is 121 Å². The van der Waals surface area contributed by atoms with Crippen LogP contribution in [-0.2, 0) is 4.65 Å². The summed E-state index contributed by atoms with van der Waals surface area (Å²) in [5, 5.41) is 11.1. The van der Waals surface area contributed by atoms with Gasteiger partial charge in [0.05, 0.1) is 0 Å². The molecule has 0 bridgehead atoms. The summed E-state index contributed by atoms with van der Waals surface area (Å²) < 4.78 is 4.56. The van der Waals surface area contributed by atoms with Gasteiger partial charge in [-0.3, -0.25) is 0 Å². The molecule has 0 fully saturated rings. The van der Waals surface area contributed by atoms with Crippen LogP contribution in [0.25, 0.3) is 11.1 Å². The molecule has 0 radical (unpaired) electrons. The van der Waals surface area contributed by atoms with E-state index in [2.05, 4.69) is 19.5 Å². The summed E-state index contributed by atoms with van der Waals surface area (Å²) in [6.07, 6.45) is 9.57. The van der Waals surface area contributed by atoms with E-state index in [1.165, 1.54) is 12.4 Å². The standard InChI is InChI=1S/C13H9BN4O3/c1-3-21-14-17-13-7-10(6-9(2)16-13)11-4-5-15-8-12(11)18(19)20/h1,4-8H,2H3. The third-order valence-electron chi connectivity index (χ3n) is 2.55. The molecule has 21 heavy (non-hydrogen) atoms. The zero-order valence-corrected chi connectivity index (χ0v) is 11.1. The Hall–Kier alpha value is -3.08. The van der Waals surface area contributed by atoms with Gasteiger partial charge in [-0.2, -0.15) is 0 Å². The minimum absolute atomic E-state index is 0.0853. The van der Waals surface area contributed by atoms with Gasteiger partial charge in [-0.15, -0.1) is 0 Å². The zero-order chi connectivity index (χ0) is 15.2. The monoisotopic (exact) mass is 280 g/mol. The fourth-order valence-corrected chi connectivity index (χ4v) is 1.76. The second kappa shape index (κ2) is 6.39. The van der Waals surface area contributed by atoms with Crippen molar-refractivity contribution in [3.63, 3.8) is 0 Å². The summed E-state index contributed by atoms with van der Waals surface area (Å²) in [5.74, 6) is 0.339. The van der Waals surface area contributed by atoms with Crippen molar-refractivity contribution >= 4 is 18.8 Å². The maximum absolute atomic E-state index is 11.1. The van der Waals surface area contributed by atoms with Crippen LogP contribution in [0.5, 0.6) is 0 Å². The van der Waals surface area contributed by atoms with Crippen molar-refractivity contribution in [2.75, 3.05) is 0 Å². The molecule has 8 heteroatoms. The first-order chi connectivity index (χ1) is 10.1. The van der Waals surface area contributed by atoms with E-state index in [0.29, 0.717) is 22.6 Å². The molecule has 2 aromatic heterocycles. The van der Waals surface area contributed by atoms with Crippen molar-refractivity contribution < 1.29 is 9.58 Å². The number of rotatable bonds is 4. The molecule has 2 aromatic rings. The molecule has 0 saturated heterocycles. The molecule has 0 aliphatic heterocycles. The molecular weight excluding hydrogens is 271 g/mol. The Balaban J connectivity index is 2.50. The quantitative estimate of drug-likeness (QED) is 0.371. The number of hydrogen-bond donors (Lipinski definition) is 0. The van der Waals surface area contributed by atoms with Crippen LogP contribution in [0, 0.1) is 29.6 Å². The number of aryl methyl sites for hydroxylation is 1. The van der Waals surface area contributed by atoms with Gasteiger partial charge in [0.15, 0.2) is 0 Å². The zero-order valence-electron chi connectivity index (χ0n) is 11.1. The molecule has 7 nitrogen and oxygen atoms in total. The molecule has 0 aliphatic rings. The number of aromatic nitrogens is 2. The normalized spacial score (nSPS) is 9.90. The molecule has 0 atom stereocenters. The molecule has 2 rings (SSSR count). The van der Waals surface area contributed by atoms with E-state index >= 15 is 0 Å². The Morgan fingerprint density at radius 3 is 3.05 bits per heavy atom. The summed E-state index contributed by atoms with van der Waals surface area (Å²) in [4.78, 5) is 22.4. The van der Waals surface area contributed by atoms with Gasteiger partial charge >= 0.3 is 120 Å². The first kappa shape index (κ1) is 14.3. The summed E-state index contributed by atoms with van der Waals surface area (Å²) >= 11 is 0. The molecular formula is C13H9BN4O3. The van der Waals surface area contributed by atoms with E-state index in [9.17, 15) is 10.1 Å². The van der Waals surface area contributed by atoms with Crippen molar-refractivity contribution in [2.45, 2.75) is 6.92 Å². The molecule has 0 amide bonds. The summed E-state index contributed by atoms with van der Waals surface area (Å²) in [5.41, 5.74) is 1.63. The Kier molecular flexibility index (Phi) is 4.36. The Morgan fingerprint density at radius 1 is 1.52 bits per heavy atom. The van der Waals surface area contributed by atoms with Crippen molar-refractivity contribution in [3.8, 4) is 23.7 Å². The van der Waals surface area contributed by atoms with Crippen molar-refractivity contribution in [2.24, 2.45) is 4.90 Å². The van der Waals surface area contributed by atoms with E-state index in [0.717, 1.165) is 7.27 Å². The maximum atomic E-state index is 11.1. The molecule has 0 N–H and O–H groups in total. The first-order valence-electron chi connectivity index (χ1n) is 5.83. The number of terminal acetylenes is 1. The molecule has 0 saturated carbocycles. The average molecular weight is 280 g/mol. The molecule has 102 valence electrons. The van der Waals surface area contributed by atoms with Gasteiger partial charge in [0.1, 0.15) is 0 Å². The fourth-order valence-electron chi connectivity index (χ4n) is 1.76. The summed E-state index contributed by atoms with van der Waals surface area (Å²) in [7, 11) is 1.08. The van der Waals surface area contributed by atoms with Gasteiger partial charge < -0.3 is 0 Å². The molecule has 0 spiro atoms. The number of nitrogens with zero attached hydrogens (tertiary/aromatic N) is 4. The third-order valence-corrected chi connectivity index (χ3v) is 2.55. The molecule has 2 heterocycles. The molecule has 0 aromatic carbocycles. The number of nitro groups is 1. The topological polar surface area (TPSA) is 90.5 Å².